The van der Waals surface area contributed by atoms with Crippen molar-refractivity contribution >= 4 is 5.97 Å². The summed E-state index contributed by atoms with van der Waals surface area (Å²) in [4.78, 5) is 10.9. The number of rotatable bonds is 5. The zero-order valence-corrected chi connectivity index (χ0v) is 10.0. The lowest BCUT2D eigenvalue weighted by Gasteiger charge is -2.14. The van der Waals surface area contributed by atoms with Gasteiger partial charge in [0.2, 0.25) is 0 Å². The lowest BCUT2D eigenvalue weighted by Crippen LogP contribution is -2.21. The van der Waals surface area contributed by atoms with Crippen molar-refractivity contribution in [1.29, 1.82) is 0 Å². The van der Waals surface area contributed by atoms with Gasteiger partial charge in [-0.05, 0) is 26.0 Å². The molecule has 0 radical (unpaired) electrons. The van der Waals surface area contributed by atoms with Gasteiger partial charge in [0, 0.05) is 6.42 Å². The molecule has 1 unspecified atom stereocenters. The summed E-state index contributed by atoms with van der Waals surface area (Å²) < 4.78 is 10.6. The van der Waals surface area contributed by atoms with E-state index >= 15 is 0 Å². The number of hydrogen-bond donors (Lipinski definition) is 0. The zero-order chi connectivity index (χ0) is 12.0. The zero-order valence-electron chi connectivity index (χ0n) is 10.0. The minimum Gasteiger partial charge on any atom is -0.487 e. The van der Waals surface area contributed by atoms with Crippen LogP contribution in [-0.2, 0) is 9.53 Å². The fraction of sp³-hybridized carbons (Fsp3) is 0.462. The number of hydrogen-bond acceptors (Lipinski definition) is 3. The minimum atomic E-state index is -0.195. The number of carbonyl (C=O) groups is 1. The van der Waals surface area contributed by atoms with Gasteiger partial charge in [0.1, 0.15) is 18.5 Å². The van der Waals surface area contributed by atoms with Crippen LogP contribution in [-0.4, -0.2) is 18.7 Å². The molecule has 0 bridgehead atoms. The fourth-order valence-corrected chi connectivity index (χ4v) is 1.20. The Bertz CT molecular complexity index is 330. The van der Waals surface area contributed by atoms with Crippen LogP contribution >= 0.6 is 0 Å². The normalized spacial score (nSPS) is 11.9. The Kier molecular flexibility index (Phi) is 4.83. The van der Waals surface area contributed by atoms with Crippen LogP contribution in [0.1, 0.15) is 25.8 Å². The first kappa shape index (κ1) is 12.6. The van der Waals surface area contributed by atoms with E-state index in [0.29, 0.717) is 13.0 Å². The molecule has 88 valence electrons. The van der Waals surface area contributed by atoms with Crippen LogP contribution in [0.3, 0.4) is 0 Å². The van der Waals surface area contributed by atoms with E-state index in [9.17, 15) is 4.79 Å². The van der Waals surface area contributed by atoms with Crippen LogP contribution in [0.15, 0.2) is 24.3 Å². The summed E-state index contributed by atoms with van der Waals surface area (Å²) in [6.45, 7) is 5.97. The first-order valence-corrected chi connectivity index (χ1v) is 5.50. The first-order valence-electron chi connectivity index (χ1n) is 5.50. The molecule has 0 aliphatic carbocycles. The second-order valence-corrected chi connectivity index (χ2v) is 3.78. The molecule has 3 nitrogen and oxygen atoms in total. The molecule has 0 heterocycles. The van der Waals surface area contributed by atoms with Gasteiger partial charge in [0.25, 0.3) is 0 Å². The van der Waals surface area contributed by atoms with Crippen molar-refractivity contribution in [2.45, 2.75) is 33.3 Å². The number of benzene rings is 1. The van der Waals surface area contributed by atoms with Crippen molar-refractivity contribution < 1.29 is 14.3 Å². The first-order chi connectivity index (χ1) is 7.61. The van der Waals surface area contributed by atoms with Gasteiger partial charge in [-0.2, -0.15) is 0 Å². The van der Waals surface area contributed by atoms with Gasteiger partial charge in [0.05, 0.1) is 0 Å². The van der Waals surface area contributed by atoms with Crippen LogP contribution in [0.5, 0.6) is 5.75 Å². The second-order valence-electron chi connectivity index (χ2n) is 3.78. The third kappa shape index (κ3) is 4.34. The van der Waals surface area contributed by atoms with Crippen LogP contribution in [0.2, 0.25) is 0 Å². The maximum atomic E-state index is 10.9. The highest BCUT2D eigenvalue weighted by Gasteiger charge is 2.06. The average molecular weight is 222 g/mol. The highest BCUT2D eigenvalue weighted by molar-refractivity contribution is 5.68. The Morgan fingerprint density at radius 3 is 2.50 bits per heavy atom. The van der Waals surface area contributed by atoms with Gasteiger partial charge in [-0.15, -0.1) is 0 Å². The molecule has 0 aromatic heterocycles. The van der Waals surface area contributed by atoms with Gasteiger partial charge >= 0.3 is 5.97 Å². The Hall–Kier alpha value is -1.51. The third-order valence-electron chi connectivity index (χ3n) is 2.13. The molecule has 0 amide bonds. The molecule has 0 aliphatic rings. The molecule has 0 aliphatic heterocycles. The largest absolute Gasteiger partial charge is 0.487 e. The van der Waals surface area contributed by atoms with Gasteiger partial charge in [-0.25, -0.2) is 0 Å². The molecule has 0 N–H and O–H groups in total. The average Bonchev–Trinajstić information content (AvgIpc) is 2.29. The third-order valence-corrected chi connectivity index (χ3v) is 2.13. The quantitative estimate of drug-likeness (QED) is 0.718. The SMILES string of the molecule is CCC(=O)OCC(C)Oc1ccc(C)cc1. The summed E-state index contributed by atoms with van der Waals surface area (Å²) in [6.07, 6.45) is 0.273. The lowest BCUT2D eigenvalue weighted by atomic mass is 10.2. The Morgan fingerprint density at radius 2 is 1.94 bits per heavy atom. The van der Waals surface area contributed by atoms with Gasteiger partial charge in [0.15, 0.2) is 0 Å². The maximum Gasteiger partial charge on any atom is 0.305 e. The van der Waals surface area contributed by atoms with Crippen molar-refractivity contribution in [3.8, 4) is 5.75 Å². The van der Waals surface area contributed by atoms with Crippen molar-refractivity contribution in [1.82, 2.24) is 0 Å². The molecule has 1 aromatic carbocycles. The van der Waals surface area contributed by atoms with E-state index in [-0.39, 0.29) is 12.1 Å². The summed E-state index contributed by atoms with van der Waals surface area (Å²) in [6, 6.07) is 7.79. The molecule has 16 heavy (non-hydrogen) atoms. The maximum absolute atomic E-state index is 10.9. The van der Waals surface area contributed by atoms with Gasteiger partial charge in [-0.1, -0.05) is 24.6 Å². The molecule has 0 fully saturated rings. The van der Waals surface area contributed by atoms with Gasteiger partial charge in [-0.3, -0.25) is 4.79 Å². The minimum absolute atomic E-state index is 0.127. The highest BCUT2D eigenvalue weighted by Crippen LogP contribution is 2.13. The standard InChI is InChI=1S/C13H18O3/c1-4-13(14)15-9-11(3)16-12-7-5-10(2)6-8-12/h5-8,11H,4,9H2,1-3H3. The smallest absolute Gasteiger partial charge is 0.305 e. The van der Waals surface area contributed by atoms with Crippen LogP contribution in [0.25, 0.3) is 0 Å². The Balaban J connectivity index is 2.36. The predicted molar refractivity (Wildman–Crippen MR) is 62.5 cm³/mol. The van der Waals surface area contributed by atoms with Crippen molar-refractivity contribution in [2.24, 2.45) is 0 Å². The predicted octanol–water partition coefficient (Wildman–Crippen LogP) is 2.72. The Labute approximate surface area is 96.4 Å². The topological polar surface area (TPSA) is 35.5 Å². The van der Waals surface area contributed by atoms with Crippen molar-refractivity contribution in [2.75, 3.05) is 6.61 Å². The number of aryl methyl sites for hydroxylation is 1. The summed E-state index contributed by atoms with van der Waals surface area (Å²) in [5.41, 5.74) is 1.19. The molecule has 3 heteroatoms. The van der Waals surface area contributed by atoms with Crippen molar-refractivity contribution in [3.05, 3.63) is 29.8 Å². The molecular formula is C13H18O3. The molecule has 1 aromatic rings. The second kappa shape index (κ2) is 6.16. The number of ether oxygens (including phenoxy) is 2. The summed E-state index contributed by atoms with van der Waals surface area (Å²) in [5, 5.41) is 0. The molecule has 1 atom stereocenters. The lowest BCUT2D eigenvalue weighted by molar-refractivity contribution is -0.145. The van der Waals surface area contributed by atoms with Crippen molar-refractivity contribution in [3.63, 3.8) is 0 Å². The fourth-order valence-electron chi connectivity index (χ4n) is 1.20. The van der Waals surface area contributed by atoms with E-state index in [2.05, 4.69) is 0 Å². The molecule has 0 saturated carbocycles. The van der Waals surface area contributed by atoms with Gasteiger partial charge < -0.3 is 9.47 Å². The van der Waals surface area contributed by atoms with E-state index < -0.39 is 0 Å². The summed E-state index contributed by atoms with van der Waals surface area (Å²) in [7, 11) is 0. The van der Waals surface area contributed by atoms with E-state index in [0.717, 1.165) is 5.75 Å². The van der Waals surface area contributed by atoms with Crippen LogP contribution < -0.4 is 4.74 Å². The van der Waals surface area contributed by atoms with E-state index in [1.54, 1.807) is 6.92 Å². The van der Waals surface area contributed by atoms with E-state index in [4.69, 9.17) is 9.47 Å². The van der Waals surface area contributed by atoms with E-state index in [1.165, 1.54) is 5.56 Å². The monoisotopic (exact) mass is 222 g/mol. The molecule has 0 saturated heterocycles. The summed E-state index contributed by atoms with van der Waals surface area (Å²) in [5.74, 6) is 0.602. The van der Waals surface area contributed by atoms with Crippen LogP contribution in [0, 0.1) is 6.92 Å². The van der Waals surface area contributed by atoms with E-state index in [1.807, 2.05) is 38.1 Å². The number of esters is 1. The number of carbonyl (C=O) groups excluding carboxylic acids is 1. The highest BCUT2D eigenvalue weighted by atomic mass is 16.6. The summed E-state index contributed by atoms with van der Waals surface area (Å²) >= 11 is 0. The van der Waals surface area contributed by atoms with Crippen LogP contribution in [0.4, 0.5) is 0 Å². The molecule has 0 spiro atoms. The Morgan fingerprint density at radius 1 is 1.31 bits per heavy atom. The molecule has 1 rings (SSSR count). The molecular weight excluding hydrogens is 204 g/mol.